The molecular formula is C27H32Cl2N6O3. The number of aliphatic hydroxyl groups excluding tert-OH is 2. The van der Waals surface area contributed by atoms with E-state index in [-0.39, 0.29) is 18.8 Å². The molecule has 9 nitrogen and oxygen atoms in total. The summed E-state index contributed by atoms with van der Waals surface area (Å²) in [5.41, 5.74) is 2.74. The summed E-state index contributed by atoms with van der Waals surface area (Å²) in [5, 5.41) is 33.5. The Morgan fingerprint density at radius 2 is 2.00 bits per heavy atom. The van der Waals surface area contributed by atoms with Crippen molar-refractivity contribution < 1.29 is 14.9 Å². The standard InChI is InChI=1S/C27H32Cl2N6O3/c1-2-30-25-12-23-21(14-31-25)27(17-13-32-34(15-17)11-10-19(37)16-36)33-35(23)18-6-8-20(9-7-18)38-24-5-3-4-22(28)26(24)29/h3-5,12-15,18-20,36-37H,2,6-11,16H2,1H3,(H,30,31)/t18?,19-,20?/m1/s1. The molecule has 1 atom stereocenters. The van der Waals surface area contributed by atoms with Crippen molar-refractivity contribution in [1.82, 2.24) is 24.5 Å². The molecule has 3 heterocycles. The third-order valence-corrected chi connectivity index (χ3v) is 7.76. The largest absolute Gasteiger partial charge is 0.489 e. The topological polar surface area (TPSA) is 110 Å². The van der Waals surface area contributed by atoms with Crippen LogP contribution in [0.2, 0.25) is 10.0 Å². The van der Waals surface area contributed by atoms with Crippen molar-refractivity contribution in [1.29, 1.82) is 0 Å². The van der Waals surface area contributed by atoms with Gasteiger partial charge in [0.05, 0.1) is 41.6 Å². The molecule has 4 aromatic rings. The Balaban J connectivity index is 1.38. The second-order valence-corrected chi connectivity index (χ2v) is 10.4. The molecule has 0 aliphatic heterocycles. The van der Waals surface area contributed by atoms with Crippen molar-refractivity contribution >= 4 is 39.9 Å². The number of rotatable bonds is 10. The molecule has 0 unspecified atom stereocenters. The van der Waals surface area contributed by atoms with E-state index in [0.717, 1.165) is 60.2 Å². The summed E-state index contributed by atoms with van der Waals surface area (Å²) in [4.78, 5) is 4.60. The lowest BCUT2D eigenvalue weighted by Gasteiger charge is -2.30. The van der Waals surface area contributed by atoms with Gasteiger partial charge in [0.25, 0.3) is 0 Å². The van der Waals surface area contributed by atoms with Crippen LogP contribution in [0.1, 0.15) is 45.1 Å². The number of aliphatic hydroxyl groups is 2. The zero-order valence-electron chi connectivity index (χ0n) is 21.2. The van der Waals surface area contributed by atoms with Crippen molar-refractivity contribution in [2.45, 2.75) is 63.8 Å². The van der Waals surface area contributed by atoms with Crippen molar-refractivity contribution in [3.8, 4) is 17.0 Å². The van der Waals surface area contributed by atoms with Crippen LogP contribution in [-0.2, 0) is 6.54 Å². The first kappa shape index (κ1) is 26.7. The first-order valence-electron chi connectivity index (χ1n) is 13.0. The molecule has 11 heteroatoms. The number of hydrogen-bond donors (Lipinski definition) is 3. The van der Waals surface area contributed by atoms with Gasteiger partial charge < -0.3 is 20.3 Å². The zero-order valence-corrected chi connectivity index (χ0v) is 22.7. The predicted molar refractivity (Wildman–Crippen MR) is 149 cm³/mol. The van der Waals surface area contributed by atoms with E-state index in [0.29, 0.717) is 28.8 Å². The monoisotopic (exact) mass is 558 g/mol. The summed E-state index contributed by atoms with van der Waals surface area (Å²) in [6.07, 6.45) is 8.89. The molecule has 3 N–H and O–H groups in total. The Labute approximate surface area is 231 Å². The molecule has 3 aromatic heterocycles. The molecule has 0 bridgehead atoms. The minimum atomic E-state index is -0.759. The minimum absolute atomic E-state index is 0.0648. The van der Waals surface area contributed by atoms with Gasteiger partial charge in [-0.05, 0) is 51.2 Å². The third kappa shape index (κ3) is 5.76. The van der Waals surface area contributed by atoms with Gasteiger partial charge in [-0.25, -0.2) is 4.98 Å². The third-order valence-electron chi connectivity index (χ3n) is 6.96. The van der Waals surface area contributed by atoms with Crippen LogP contribution in [0.5, 0.6) is 5.75 Å². The fourth-order valence-corrected chi connectivity index (χ4v) is 5.28. The van der Waals surface area contributed by atoms with Crippen LogP contribution in [0.4, 0.5) is 5.82 Å². The number of halogens is 2. The summed E-state index contributed by atoms with van der Waals surface area (Å²) >= 11 is 12.5. The van der Waals surface area contributed by atoms with E-state index in [9.17, 15) is 5.11 Å². The van der Waals surface area contributed by atoms with Gasteiger partial charge in [0.2, 0.25) is 0 Å². The highest BCUT2D eigenvalue weighted by atomic mass is 35.5. The number of benzene rings is 1. The number of ether oxygens (including phenoxy) is 1. The maximum Gasteiger partial charge on any atom is 0.139 e. The Morgan fingerprint density at radius 1 is 1.18 bits per heavy atom. The van der Waals surface area contributed by atoms with Gasteiger partial charge in [0.15, 0.2) is 0 Å². The minimum Gasteiger partial charge on any atom is -0.489 e. The fourth-order valence-electron chi connectivity index (χ4n) is 4.94. The van der Waals surface area contributed by atoms with E-state index >= 15 is 0 Å². The van der Waals surface area contributed by atoms with Gasteiger partial charge in [-0.15, -0.1) is 0 Å². The van der Waals surface area contributed by atoms with Crippen LogP contribution in [0.3, 0.4) is 0 Å². The van der Waals surface area contributed by atoms with Crippen molar-refractivity contribution in [3.05, 3.63) is 52.9 Å². The van der Waals surface area contributed by atoms with E-state index in [1.807, 2.05) is 31.5 Å². The van der Waals surface area contributed by atoms with Crippen molar-refractivity contribution in [3.63, 3.8) is 0 Å². The van der Waals surface area contributed by atoms with Gasteiger partial charge >= 0.3 is 0 Å². The Hall–Kier alpha value is -2.85. The van der Waals surface area contributed by atoms with Crippen LogP contribution in [0.15, 0.2) is 42.9 Å². The molecule has 0 saturated heterocycles. The van der Waals surface area contributed by atoms with E-state index in [2.05, 4.69) is 26.1 Å². The number of aromatic nitrogens is 5. The zero-order chi connectivity index (χ0) is 26.6. The summed E-state index contributed by atoms with van der Waals surface area (Å²) in [7, 11) is 0. The van der Waals surface area contributed by atoms with Gasteiger partial charge in [-0.3, -0.25) is 9.36 Å². The summed E-state index contributed by atoms with van der Waals surface area (Å²) in [5.74, 6) is 1.44. The molecular weight excluding hydrogens is 527 g/mol. The van der Waals surface area contributed by atoms with Gasteiger partial charge in [-0.1, -0.05) is 29.3 Å². The summed E-state index contributed by atoms with van der Waals surface area (Å²) in [6.45, 7) is 3.07. The number of nitrogens with one attached hydrogen (secondary N) is 1. The number of fused-ring (bicyclic) bond motifs is 1. The molecule has 5 rings (SSSR count). The van der Waals surface area contributed by atoms with Crippen molar-refractivity contribution in [2.24, 2.45) is 0 Å². The second kappa shape index (κ2) is 11.9. The SMILES string of the molecule is CCNc1cc2c(cn1)c(-c1cnn(CC[C@@H](O)CO)c1)nn2C1CCC(Oc2cccc(Cl)c2Cl)CC1. The normalized spacial score (nSPS) is 18.6. The highest BCUT2D eigenvalue weighted by Gasteiger charge is 2.27. The van der Waals surface area contributed by atoms with Crippen LogP contribution < -0.4 is 10.1 Å². The van der Waals surface area contributed by atoms with E-state index in [1.165, 1.54) is 0 Å². The molecule has 0 amide bonds. The summed E-state index contributed by atoms with van der Waals surface area (Å²) < 4.78 is 10.1. The molecule has 202 valence electrons. The quantitative estimate of drug-likeness (QED) is 0.241. The number of hydrogen-bond acceptors (Lipinski definition) is 7. The maximum atomic E-state index is 9.69. The first-order chi connectivity index (χ1) is 18.5. The Kier molecular flexibility index (Phi) is 8.38. The smallest absolute Gasteiger partial charge is 0.139 e. The predicted octanol–water partition coefficient (Wildman–Crippen LogP) is 5.34. The van der Waals surface area contributed by atoms with Crippen LogP contribution in [-0.4, -0.2) is 60.1 Å². The van der Waals surface area contributed by atoms with Crippen molar-refractivity contribution in [2.75, 3.05) is 18.5 Å². The van der Waals surface area contributed by atoms with Crippen LogP contribution >= 0.6 is 23.2 Å². The first-order valence-corrected chi connectivity index (χ1v) is 13.8. The Bertz CT molecular complexity index is 1380. The molecule has 1 fully saturated rings. The lowest BCUT2D eigenvalue weighted by molar-refractivity contribution is 0.0838. The highest BCUT2D eigenvalue weighted by Crippen LogP contribution is 2.38. The fraction of sp³-hybridized carbons (Fsp3) is 0.444. The second-order valence-electron chi connectivity index (χ2n) is 9.63. The van der Waals surface area contributed by atoms with E-state index < -0.39 is 6.10 Å². The number of nitrogens with zero attached hydrogens (tertiary/aromatic N) is 5. The Morgan fingerprint density at radius 3 is 2.76 bits per heavy atom. The van der Waals surface area contributed by atoms with Crippen LogP contribution in [0, 0.1) is 0 Å². The number of aryl methyl sites for hydroxylation is 1. The van der Waals surface area contributed by atoms with E-state index in [4.69, 9.17) is 38.1 Å². The molecule has 38 heavy (non-hydrogen) atoms. The maximum absolute atomic E-state index is 9.69. The average molecular weight is 559 g/mol. The molecule has 0 radical (unpaired) electrons. The molecule has 1 aliphatic carbocycles. The molecule has 1 aromatic carbocycles. The van der Waals surface area contributed by atoms with Gasteiger partial charge in [0, 0.05) is 42.5 Å². The van der Waals surface area contributed by atoms with Gasteiger partial charge in [-0.2, -0.15) is 10.2 Å². The lowest BCUT2D eigenvalue weighted by Crippen LogP contribution is -2.26. The highest BCUT2D eigenvalue weighted by molar-refractivity contribution is 6.42. The molecule has 0 spiro atoms. The molecule has 1 saturated carbocycles. The summed E-state index contributed by atoms with van der Waals surface area (Å²) in [6, 6.07) is 7.73. The average Bonchev–Trinajstić information content (AvgIpc) is 3.55. The van der Waals surface area contributed by atoms with E-state index in [1.54, 1.807) is 16.9 Å². The lowest BCUT2D eigenvalue weighted by atomic mass is 9.93. The number of pyridine rings is 1. The van der Waals surface area contributed by atoms with Crippen LogP contribution in [0.25, 0.3) is 22.2 Å². The molecule has 1 aliphatic rings. The number of anilines is 1. The van der Waals surface area contributed by atoms with Gasteiger partial charge in [0.1, 0.15) is 22.3 Å².